The van der Waals surface area contributed by atoms with Crippen LogP contribution < -0.4 is 0 Å². The Morgan fingerprint density at radius 1 is 0.763 bits per heavy atom. The van der Waals surface area contributed by atoms with E-state index in [4.69, 9.17) is 9.47 Å². The molecule has 2 aliphatic rings. The van der Waals surface area contributed by atoms with Crippen molar-refractivity contribution in [3.8, 4) is 0 Å². The molecule has 2 aliphatic carbocycles. The highest BCUT2D eigenvalue weighted by atomic mass is 32.2. The normalized spacial score (nSPS) is 19.9. The maximum Gasteiger partial charge on any atom is 0.334 e. The van der Waals surface area contributed by atoms with Crippen LogP contribution >= 0.6 is 0 Å². The van der Waals surface area contributed by atoms with Crippen LogP contribution in [0, 0.1) is 0 Å². The van der Waals surface area contributed by atoms with Crippen molar-refractivity contribution in [1.82, 2.24) is 0 Å². The van der Waals surface area contributed by atoms with E-state index < -0.39 is 36.9 Å². The van der Waals surface area contributed by atoms with Gasteiger partial charge in [-0.05, 0) is 54.7 Å². The third-order valence-corrected chi connectivity index (χ3v) is 10.9. The largest absolute Gasteiger partial charge is 0.466 e. The van der Waals surface area contributed by atoms with E-state index >= 15 is 0 Å². The van der Waals surface area contributed by atoms with Crippen LogP contribution in [-0.4, -0.2) is 48.2 Å². The van der Waals surface area contributed by atoms with Gasteiger partial charge in [-0.1, -0.05) is 42.5 Å². The second-order valence-corrected chi connectivity index (χ2v) is 13.0. The van der Waals surface area contributed by atoms with Crippen LogP contribution in [0.15, 0.2) is 104 Å². The molecule has 10 heteroatoms. The Labute approximate surface area is 222 Å². The van der Waals surface area contributed by atoms with Crippen molar-refractivity contribution < 1.29 is 35.9 Å². The van der Waals surface area contributed by atoms with Gasteiger partial charge in [-0.25, -0.2) is 26.4 Å². The zero-order valence-electron chi connectivity index (χ0n) is 21.0. The zero-order valence-corrected chi connectivity index (χ0v) is 22.7. The molecule has 0 aromatic heterocycles. The van der Waals surface area contributed by atoms with Crippen molar-refractivity contribution in [3.63, 3.8) is 0 Å². The van der Waals surface area contributed by atoms with Gasteiger partial charge in [-0.15, -0.1) is 0 Å². The molecule has 0 heterocycles. The summed E-state index contributed by atoms with van der Waals surface area (Å²) in [4.78, 5) is 25.6. The second-order valence-electron chi connectivity index (χ2n) is 8.96. The van der Waals surface area contributed by atoms with E-state index in [1.54, 1.807) is 42.5 Å². The molecular formula is C28H28O8S2. The molecule has 2 aromatic rings. The molecule has 0 radical (unpaired) electrons. The molecule has 200 valence electrons. The molecule has 0 saturated carbocycles. The van der Waals surface area contributed by atoms with Crippen LogP contribution in [0.1, 0.15) is 32.1 Å². The van der Waals surface area contributed by atoms with Crippen LogP contribution in [-0.2, 0) is 38.7 Å². The second kappa shape index (κ2) is 11.1. The maximum atomic E-state index is 13.9. The minimum Gasteiger partial charge on any atom is -0.466 e. The van der Waals surface area contributed by atoms with E-state index in [0.29, 0.717) is 12.8 Å². The molecule has 8 nitrogen and oxygen atoms in total. The summed E-state index contributed by atoms with van der Waals surface area (Å²) >= 11 is 0. The first kappa shape index (κ1) is 27.5. The van der Waals surface area contributed by atoms with Gasteiger partial charge in [0.1, 0.15) is 0 Å². The van der Waals surface area contributed by atoms with Crippen molar-refractivity contribution in [2.24, 2.45) is 0 Å². The molecule has 1 atom stereocenters. The Morgan fingerprint density at radius 3 is 1.84 bits per heavy atom. The first-order valence-electron chi connectivity index (χ1n) is 12.0. The number of benzene rings is 2. The average Bonchev–Trinajstić information content (AvgIpc) is 2.93. The predicted octanol–water partition coefficient (Wildman–Crippen LogP) is 4.10. The van der Waals surface area contributed by atoms with Crippen molar-refractivity contribution in [3.05, 3.63) is 93.9 Å². The number of hydrogen-bond donors (Lipinski definition) is 0. The molecule has 38 heavy (non-hydrogen) atoms. The maximum absolute atomic E-state index is 13.9. The fourth-order valence-electron chi connectivity index (χ4n) is 4.94. The standard InChI is InChI=1S/C28H28O8S2/c1-35-27(29)23-17-21-22(18-24(23)28(30)36-2)26(38(33,34)20-13-7-4-8-14-20)16-10-9-15-25(21)37(31,32)19-11-5-3-6-12-19/h3-8,11-15,26H,9-10,16-18H2,1-2H3/b25-15+. The lowest BCUT2D eigenvalue weighted by molar-refractivity contribution is -0.139. The fourth-order valence-corrected chi connectivity index (χ4v) is 8.52. The van der Waals surface area contributed by atoms with Gasteiger partial charge in [0.15, 0.2) is 9.84 Å². The van der Waals surface area contributed by atoms with Gasteiger partial charge in [-0.2, -0.15) is 0 Å². The van der Waals surface area contributed by atoms with E-state index in [1.165, 1.54) is 24.3 Å². The van der Waals surface area contributed by atoms with Crippen molar-refractivity contribution in [2.45, 2.75) is 47.1 Å². The molecule has 2 aromatic carbocycles. The van der Waals surface area contributed by atoms with E-state index in [2.05, 4.69) is 0 Å². The molecular weight excluding hydrogens is 528 g/mol. The number of carbonyl (C=O) groups excluding carboxylic acids is 2. The fraction of sp³-hybridized carbons (Fsp3) is 0.286. The molecule has 0 fully saturated rings. The third-order valence-electron chi connectivity index (χ3n) is 6.81. The summed E-state index contributed by atoms with van der Waals surface area (Å²) in [5.41, 5.74) is 0.380. The Kier molecular flexibility index (Phi) is 8.03. The average molecular weight is 557 g/mol. The van der Waals surface area contributed by atoms with Gasteiger partial charge in [-0.3, -0.25) is 0 Å². The third kappa shape index (κ3) is 5.10. The van der Waals surface area contributed by atoms with Gasteiger partial charge < -0.3 is 9.47 Å². The van der Waals surface area contributed by atoms with Gasteiger partial charge in [0.2, 0.25) is 9.84 Å². The highest BCUT2D eigenvalue weighted by molar-refractivity contribution is 7.95. The Hall–Kier alpha value is -3.50. The molecule has 0 bridgehead atoms. The quantitative estimate of drug-likeness (QED) is 0.488. The summed E-state index contributed by atoms with van der Waals surface area (Å²) < 4.78 is 65.4. The molecule has 0 aliphatic heterocycles. The Bertz CT molecular complexity index is 1550. The lowest BCUT2D eigenvalue weighted by Crippen LogP contribution is -2.31. The monoisotopic (exact) mass is 556 g/mol. The van der Waals surface area contributed by atoms with Crippen LogP contribution in [0.25, 0.3) is 0 Å². The molecule has 4 rings (SSSR count). The molecule has 0 N–H and O–H groups in total. The van der Waals surface area contributed by atoms with Crippen LogP contribution in [0.5, 0.6) is 0 Å². The topological polar surface area (TPSA) is 121 Å². The first-order valence-corrected chi connectivity index (χ1v) is 15.1. The number of sulfone groups is 2. The van der Waals surface area contributed by atoms with Crippen molar-refractivity contribution in [1.29, 1.82) is 0 Å². The summed E-state index contributed by atoms with van der Waals surface area (Å²) in [5, 5.41) is -1.10. The summed E-state index contributed by atoms with van der Waals surface area (Å²) in [7, 11) is -5.74. The van der Waals surface area contributed by atoms with Crippen LogP contribution in [0.3, 0.4) is 0 Å². The highest BCUT2D eigenvalue weighted by Gasteiger charge is 2.41. The number of esters is 2. The van der Waals surface area contributed by atoms with Crippen molar-refractivity contribution >= 4 is 31.6 Å². The van der Waals surface area contributed by atoms with Gasteiger partial charge in [0, 0.05) is 12.8 Å². The molecule has 0 spiro atoms. The number of ether oxygens (including phenoxy) is 2. The Balaban J connectivity index is 1.99. The van der Waals surface area contributed by atoms with Gasteiger partial charge in [0.25, 0.3) is 0 Å². The number of carbonyl (C=O) groups is 2. The van der Waals surface area contributed by atoms with E-state index in [0.717, 1.165) is 14.2 Å². The van der Waals surface area contributed by atoms with Crippen molar-refractivity contribution in [2.75, 3.05) is 14.2 Å². The summed E-state index contributed by atoms with van der Waals surface area (Å²) in [6.07, 6.45) is 1.98. The zero-order chi connectivity index (χ0) is 27.5. The first-order chi connectivity index (χ1) is 18.1. The lowest BCUT2D eigenvalue weighted by atomic mass is 9.82. The smallest absolute Gasteiger partial charge is 0.334 e. The summed E-state index contributed by atoms with van der Waals surface area (Å²) in [5.74, 6) is -1.61. The number of hydrogen-bond acceptors (Lipinski definition) is 8. The number of allylic oxidation sites excluding steroid dienone is 2. The number of rotatable bonds is 6. The van der Waals surface area contributed by atoms with Crippen LogP contribution in [0.4, 0.5) is 0 Å². The van der Waals surface area contributed by atoms with E-state index in [1.807, 2.05) is 0 Å². The van der Waals surface area contributed by atoms with Crippen LogP contribution in [0.2, 0.25) is 0 Å². The summed E-state index contributed by atoms with van der Waals surface area (Å²) in [6, 6.07) is 15.8. The summed E-state index contributed by atoms with van der Waals surface area (Å²) in [6.45, 7) is 0. The SMILES string of the molecule is COC(=O)C1=C(C(=O)OC)CC2=C(C1)/C(S(=O)(=O)c1ccccc1)=C\CCCC2S(=O)(=O)c1ccccc1. The van der Waals surface area contributed by atoms with Gasteiger partial charge in [0.05, 0.1) is 45.3 Å². The molecule has 0 amide bonds. The molecule has 0 saturated heterocycles. The minimum atomic E-state index is -4.09. The van der Waals surface area contributed by atoms with E-state index in [-0.39, 0.29) is 56.3 Å². The highest BCUT2D eigenvalue weighted by Crippen LogP contribution is 2.44. The molecule has 1 unspecified atom stereocenters. The van der Waals surface area contributed by atoms with E-state index in [9.17, 15) is 26.4 Å². The number of methoxy groups -OCH3 is 2. The Morgan fingerprint density at radius 2 is 1.29 bits per heavy atom. The minimum absolute atomic E-state index is 0.0385. The predicted molar refractivity (Wildman–Crippen MR) is 140 cm³/mol. The van der Waals surface area contributed by atoms with Gasteiger partial charge >= 0.3 is 11.9 Å². The lowest BCUT2D eigenvalue weighted by Gasteiger charge is -2.31.